The van der Waals surface area contributed by atoms with Crippen molar-refractivity contribution in [3.8, 4) is 16.9 Å². The summed E-state index contributed by atoms with van der Waals surface area (Å²) in [5.74, 6) is -0.0528. The largest absolute Gasteiger partial charge is 0.508 e. The van der Waals surface area contributed by atoms with Crippen LogP contribution in [0, 0.1) is 0 Å². The highest BCUT2D eigenvalue weighted by atomic mass is 32.2. The predicted molar refractivity (Wildman–Crippen MR) is 117 cm³/mol. The van der Waals surface area contributed by atoms with Gasteiger partial charge in [0.05, 0.1) is 16.7 Å². The molecule has 0 spiro atoms. The zero-order valence-corrected chi connectivity index (χ0v) is 17.0. The Morgan fingerprint density at radius 3 is 2.31 bits per heavy atom. The van der Waals surface area contributed by atoms with Crippen LogP contribution < -0.4 is 4.90 Å². The minimum Gasteiger partial charge on any atom is -0.508 e. The van der Waals surface area contributed by atoms with E-state index in [4.69, 9.17) is 0 Å². The van der Waals surface area contributed by atoms with Gasteiger partial charge in [-0.3, -0.25) is 0 Å². The lowest BCUT2D eigenvalue weighted by Gasteiger charge is -2.37. The molecule has 1 aliphatic rings. The van der Waals surface area contributed by atoms with Crippen molar-refractivity contribution in [1.82, 2.24) is 0 Å². The molecule has 1 N–H and O–H groups in total. The third-order valence-corrected chi connectivity index (χ3v) is 6.91. The van der Waals surface area contributed by atoms with Crippen LogP contribution in [0.3, 0.4) is 0 Å². The molecule has 0 aliphatic carbocycles. The maximum atomic E-state index is 12.6. The fourth-order valence-corrected chi connectivity index (χ4v) is 4.99. The smallest absolute Gasteiger partial charge is 0.181 e. The van der Waals surface area contributed by atoms with Crippen molar-refractivity contribution in [3.63, 3.8) is 0 Å². The van der Waals surface area contributed by atoms with E-state index in [0.29, 0.717) is 0 Å². The SMILES string of the molecule is CCC1c2ccccc2-c2ccccc2N1C=CCS(=O)(=O)c1ccc(O)cc1. The van der Waals surface area contributed by atoms with Crippen molar-refractivity contribution in [3.05, 3.63) is 90.6 Å². The fourth-order valence-electron chi connectivity index (χ4n) is 3.91. The Labute approximate surface area is 171 Å². The molecular formula is C24H23NO3S. The van der Waals surface area contributed by atoms with E-state index in [2.05, 4.69) is 42.2 Å². The number of phenolic OH excluding ortho intramolecular Hbond substituents is 1. The second-order valence-corrected chi connectivity index (χ2v) is 9.13. The third kappa shape index (κ3) is 3.66. The van der Waals surface area contributed by atoms with Gasteiger partial charge in [-0.05, 0) is 47.9 Å². The fraction of sp³-hybridized carbons (Fsp3) is 0.167. The summed E-state index contributed by atoms with van der Waals surface area (Å²) in [6, 6.07) is 22.4. The van der Waals surface area contributed by atoms with Gasteiger partial charge in [0.1, 0.15) is 5.75 Å². The molecule has 3 aromatic carbocycles. The lowest BCUT2D eigenvalue weighted by Crippen LogP contribution is -2.27. The number of para-hydroxylation sites is 1. The number of sulfone groups is 1. The minimum absolute atomic E-state index is 0.0499. The van der Waals surface area contributed by atoms with E-state index >= 15 is 0 Å². The predicted octanol–water partition coefficient (Wildman–Crippen LogP) is 5.32. The molecule has 0 radical (unpaired) electrons. The van der Waals surface area contributed by atoms with E-state index in [-0.39, 0.29) is 22.4 Å². The number of rotatable bonds is 5. The zero-order chi connectivity index (χ0) is 20.4. The molecular weight excluding hydrogens is 382 g/mol. The van der Waals surface area contributed by atoms with Crippen LogP contribution >= 0.6 is 0 Å². The van der Waals surface area contributed by atoms with Crippen molar-refractivity contribution < 1.29 is 13.5 Å². The van der Waals surface area contributed by atoms with Gasteiger partial charge < -0.3 is 10.0 Å². The Kier molecular flexibility index (Phi) is 5.16. The Hall–Kier alpha value is -3.05. The van der Waals surface area contributed by atoms with Gasteiger partial charge in [-0.15, -0.1) is 0 Å². The Morgan fingerprint density at radius 2 is 1.59 bits per heavy atom. The Morgan fingerprint density at radius 1 is 0.931 bits per heavy atom. The number of hydrogen-bond donors (Lipinski definition) is 1. The van der Waals surface area contributed by atoms with Crippen molar-refractivity contribution in [2.24, 2.45) is 0 Å². The average molecular weight is 406 g/mol. The van der Waals surface area contributed by atoms with Crippen LogP contribution in [0.4, 0.5) is 5.69 Å². The maximum absolute atomic E-state index is 12.6. The van der Waals surface area contributed by atoms with Gasteiger partial charge in [-0.1, -0.05) is 55.5 Å². The van der Waals surface area contributed by atoms with Crippen LogP contribution in [0.1, 0.15) is 24.9 Å². The van der Waals surface area contributed by atoms with Crippen molar-refractivity contribution >= 4 is 15.5 Å². The van der Waals surface area contributed by atoms with Crippen LogP contribution in [-0.4, -0.2) is 19.3 Å². The highest BCUT2D eigenvalue weighted by Gasteiger charge is 2.28. The quantitative estimate of drug-likeness (QED) is 0.624. The standard InChI is InChI=1S/C24H23NO3S/c1-2-23-21-9-4-3-8-20(21)22-10-5-6-11-24(22)25(23)16-7-17-29(27,28)19-14-12-18(26)13-15-19/h3-16,23,26H,2,17H2,1H3. The van der Waals surface area contributed by atoms with E-state index in [9.17, 15) is 13.5 Å². The Bertz CT molecular complexity index is 1150. The third-order valence-electron chi connectivity index (χ3n) is 5.29. The summed E-state index contributed by atoms with van der Waals surface area (Å²) in [5, 5.41) is 9.38. The number of anilines is 1. The lowest BCUT2D eigenvalue weighted by molar-refractivity contribution is 0.475. The van der Waals surface area contributed by atoms with Crippen LogP contribution in [-0.2, 0) is 9.84 Å². The molecule has 5 heteroatoms. The van der Waals surface area contributed by atoms with E-state index in [1.165, 1.54) is 35.4 Å². The van der Waals surface area contributed by atoms with Crippen LogP contribution in [0.5, 0.6) is 5.75 Å². The van der Waals surface area contributed by atoms with Crippen molar-refractivity contribution in [2.45, 2.75) is 24.3 Å². The van der Waals surface area contributed by atoms with E-state index in [0.717, 1.165) is 17.7 Å². The molecule has 1 heterocycles. The first-order valence-corrected chi connectivity index (χ1v) is 11.3. The first kappa shape index (κ1) is 19.3. The van der Waals surface area contributed by atoms with Crippen LogP contribution in [0.15, 0.2) is 90.0 Å². The summed E-state index contributed by atoms with van der Waals surface area (Å²) >= 11 is 0. The van der Waals surface area contributed by atoms with Gasteiger partial charge >= 0.3 is 0 Å². The van der Waals surface area contributed by atoms with Crippen LogP contribution in [0.25, 0.3) is 11.1 Å². The van der Waals surface area contributed by atoms with Gasteiger partial charge in [-0.25, -0.2) is 8.42 Å². The van der Waals surface area contributed by atoms with E-state index in [1.54, 1.807) is 6.08 Å². The minimum atomic E-state index is -3.46. The molecule has 0 saturated heterocycles. The van der Waals surface area contributed by atoms with Gasteiger partial charge in [0.25, 0.3) is 0 Å². The molecule has 0 saturated carbocycles. The summed E-state index contributed by atoms with van der Waals surface area (Å²) in [6.45, 7) is 2.14. The normalized spacial score (nSPS) is 15.9. The molecule has 148 valence electrons. The first-order valence-electron chi connectivity index (χ1n) is 9.66. The maximum Gasteiger partial charge on any atom is 0.181 e. The average Bonchev–Trinajstić information content (AvgIpc) is 2.74. The van der Waals surface area contributed by atoms with E-state index < -0.39 is 9.84 Å². The molecule has 1 atom stereocenters. The van der Waals surface area contributed by atoms with Gasteiger partial charge in [0.2, 0.25) is 0 Å². The van der Waals surface area contributed by atoms with E-state index in [1.807, 2.05) is 24.4 Å². The van der Waals surface area contributed by atoms with Crippen molar-refractivity contribution in [1.29, 1.82) is 0 Å². The summed E-state index contributed by atoms with van der Waals surface area (Å²) in [7, 11) is -3.46. The van der Waals surface area contributed by atoms with Gasteiger partial charge in [0, 0.05) is 17.5 Å². The summed E-state index contributed by atoms with van der Waals surface area (Å²) in [4.78, 5) is 2.38. The lowest BCUT2D eigenvalue weighted by atomic mass is 9.87. The molecule has 0 aromatic heterocycles. The molecule has 4 rings (SSSR count). The second-order valence-electron chi connectivity index (χ2n) is 7.10. The first-order chi connectivity index (χ1) is 14.0. The molecule has 1 unspecified atom stereocenters. The second kappa shape index (κ2) is 7.76. The van der Waals surface area contributed by atoms with Gasteiger partial charge in [0.15, 0.2) is 9.84 Å². The molecule has 0 fully saturated rings. The highest BCUT2D eigenvalue weighted by molar-refractivity contribution is 7.91. The van der Waals surface area contributed by atoms with Gasteiger partial charge in [-0.2, -0.15) is 0 Å². The molecule has 29 heavy (non-hydrogen) atoms. The number of nitrogens with zero attached hydrogens (tertiary/aromatic N) is 1. The summed E-state index contributed by atoms with van der Waals surface area (Å²) < 4.78 is 25.3. The summed E-state index contributed by atoms with van der Waals surface area (Å²) in [5.41, 5.74) is 4.71. The molecule has 1 aliphatic heterocycles. The molecule has 3 aromatic rings. The highest BCUT2D eigenvalue weighted by Crippen LogP contribution is 2.45. The zero-order valence-electron chi connectivity index (χ0n) is 16.2. The number of fused-ring (bicyclic) bond motifs is 3. The monoisotopic (exact) mass is 405 g/mol. The number of hydrogen-bond acceptors (Lipinski definition) is 4. The number of aromatic hydroxyl groups is 1. The molecule has 4 nitrogen and oxygen atoms in total. The Balaban J connectivity index is 1.66. The molecule has 0 bridgehead atoms. The topological polar surface area (TPSA) is 57.6 Å². The van der Waals surface area contributed by atoms with Crippen LogP contribution in [0.2, 0.25) is 0 Å². The summed E-state index contributed by atoms with van der Waals surface area (Å²) in [6.07, 6.45) is 4.50. The number of phenols is 1. The molecule has 0 amide bonds. The van der Waals surface area contributed by atoms with Crippen molar-refractivity contribution in [2.75, 3.05) is 10.7 Å². The number of benzene rings is 3.